The van der Waals surface area contributed by atoms with Crippen LogP contribution in [-0.4, -0.2) is 48.4 Å². The highest BCUT2D eigenvalue weighted by Gasteiger charge is 2.26. The van der Waals surface area contributed by atoms with Crippen molar-refractivity contribution in [3.8, 4) is 11.5 Å². The van der Waals surface area contributed by atoms with Crippen LogP contribution in [0.3, 0.4) is 0 Å². The fourth-order valence-corrected chi connectivity index (χ4v) is 3.12. The maximum absolute atomic E-state index is 11.1. The molecular formula is C18H23N5O4. The zero-order chi connectivity index (χ0) is 19.4. The van der Waals surface area contributed by atoms with Crippen LogP contribution in [-0.2, 0) is 4.79 Å². The summed E-state index contributed by atoms with van der Waals surface area (Å²) < 4.78 is 10.6. The minimum Gasteiger partial charge on any atom is -0.497 e. The summed E-state index contributed by atoms with van der Waals surface area (Å²) in [5.74, 6) is 1.27. The van der Waals surface area contributed by atoms with Gasteiger partial charge in [-0.1, -0.05) is 0 Å². The number of methoxy groups -OCH3 is 2. The second-order valence-corrected chi connectivity index (χ2v) is 6.25. The number of aromatic nitrogens is 2. The first kappa shape index (κ1) is 18.6. The smallest absolute Gasteiger partial charge is 0.306 e. The van der Waals surface area contributed by atoms with Gasteiger partial charge in [-0.3, -0.25) is 4.79 Å². The van der Waals surface area contributed by atoms with Gasteiger partial charge in [-0.2, -0.15) is 0 Å². The molecule has 2 heterocycles. The molecule has 1 aliphatic heterocycles. The molecule has 3 rings (SSSR count). The number of nitrogen functional groups attached to an aromatic ring is 1. The number of nitrogens with two attached hydrogens (primary N) is 1. The van der Waals surface area contributed by atoms with E-state index >= 15 is 0 Å². The summed E-state index contributed by atoms with van der Waals surface area (Å²) in [6.45, 7) is 1.17. The summed E-state index contributed by atoms with van der Waals surface area (Å²) in [5.41, 5.74) is 7.36. The minimum absolute atomic E-state index is 0.317. The molecule has 0 amide bonds. The third-order valence-corrected chi connectivity index (χ3v) is 4.67. The van der Waals surface area contributed by atoms with E-state index in [2.05, 4.69) is 15.3 Å². The number of hydrogen-bond donors (Lipinski definition) is 3. The number of nitrogens with one attached hydrogen (secondary N) is 1. The predicted octanol–water partition coefficient (Wildman–Crippen LogP) is 2.12. The molecule has 27 heavy (non-hydrogen) atoms. The maximum Gasteiger partial charge on any atom is 0.306 e. The molecule has 0 aliphatic carbocycles. The van der Waals surface area contributed by atoms with Gasteiger partial charge in [0.15, 0.2) is 11.6 Å². The molecule has 144 valence electrons. The van der Waals surface area contributed by atoms with Crippen LogP contribution in [0.25, 0.3) is 0 Å². The molecule has 1 aromatic carbocycles. The monoisotopic (exact) mass is 373 g/mol. The van der Waals surface area contributed by atoms with E-state index in [1.807, 2.05) is 4.90 Å². The van der Waals surface area contributed by atoms with Crippen LogP contribution in [0, 0.1) is 5.92 Å². The molecule has 1 fully saturated rings. The van der Waals surface area contributed by atoms with Gasteiger partial charge in [0.05, 0.1) is 25.8 Å². The molecule has 9 heteroatoms. The SMILES string of the molecule is COc1ccc(OC)c(Nc2ncnc(N3CCC(C(=O)O)CC3)c2N)c1. The van der Waals surface area contributed by atoms with E-state index < -0.39 is 5.97 Å². The van der Waals surface area contributed by atoms with Crippen molar-refractivity contribution in [2.24, 2.45) is 5.92 Å². The predicted molar refractivity (Wildman–Crippen MR) is 102 cm³/mol. The molecule has 1 aliphatic rings. The molecule has 0 saturated carbocycles. The summed E-state index contributed by atoms with van der Waals surface area (Å²) in [6, 6.07) is 5.37. The van der Waals surface area contributed by atoms with Crippen LogP contribution < -0.4 is 25.4 Å². The average molecular weight is 373 g/mol. The lowest BCUT2D eigenvalue weighted by atomic mass is 9.97. The number of carboxylic acid groups (broad SMARTS) is 1. The minimum atomic E-state index is -0.752. The highest BCUT2D eigenvalue weighted by molar-refractivity contribution is 5.80. The normalized spacial score (nSPS) is 14.7. The van der Waals surface area contributed by atoms with E-state index in [4.69, 9.17) is 20.3 Å². The van der Waals surface area contributed by atoms with Crippen LogP contribution >= 0.6 is 0 Å². The highest BCUT2D eigenvalue weighted by Crippen LogP contribution is 2.35. The van der Waals surface area contributed by atoms with Gasteiger partial charge in [0.2, 0.25) is 0 Å². The van der Waals surface area contributed by atoms with Crippen molar-refractivity contribution in [1.82, 2.24) is 9.97 Å². The quantitative estimate of drug-likeness (QED) is 0.698. The van der Waals surface area contributed by atoms with Crippen molar-refractivity contribution in [3.05, 3.63) is 24.5 Å². The number of aliphatic carboxylic acids is 1. The second kappa shape index (κ2) is 7.98. The van der Waals surface area contributed by atoms with Crippen LogP contribution in [0.15, 0.2) is 24.5 Å². The molecule has 1 saturated heterocycles. The van der Waals surface area contributed by atoms with Crippen LogP contribution in [0.5, 0.6) is 11.5 Å². The fourth-order valence-electron chi connectivity index (χ4n) is 3.12. The van der Waals surface area contributed by atoms with Crippen molar-refractivity contribution in [3.63, 3.8) is 0 Å². The molecule has 0 atom stereocenters. The Morgan fingerprint density at radius 2 is 2.00 bits per heavy atom. The molecule has 0 unspecified atom stereocenters. The summed E-state index contributed by atoms with van der Waals surface area (Å²) in [4.78, 5) is 21.7. The maximum atomic E-state index is 11.1. The first-order chi connectivity index (χ1) is 13.0. The van der Waals surface area contributed by atoms with E-state index in [-0.39, 0.29) is 5.92 Å². The van der Waals surface area contributed by atoms with Gasteiger partial charge >= 0.3 is 5.97 Å². The summed E-state index contributed by atoms with van der Waals surface area (Å²) in [7, 11) is 3.16. The first-order valence-corrected chi connectivity index (χ1v) is 8.60. The molecule has 0 radical (unpaired) electrons. The van der Waals surface area contributed by atoms with E-state index in [0.717, 1.165) is 0 Å². The number of anilines is 4. The van der Waals surface area contributed by atoms with Crippen molar-refractivity contribution < 1.29 is 19.4 Å². The Labute approximate surface area is 157 Å². The van der Waals surface area contributed by atoms with Crippen molar-refractivity contribution >= 4 is 29.0 Å². The van der Waals surface area contributed by atoms with E-state index in [0.29, 0.717) is 60.4 Å². The van der Waals surface area contributed by atoms with Gasteiger partial charge in [-0.25, -0.2) is 9.97 Å². The molecule has 1 aromatic heterocycles. The second-order valence-electron chi connectivity index (χ2n) is 6.25. The van der Waals surface area contributed by atoms with Gasteiger partial charge in [-0.05, 0) is 25.0 Å². The molecule has 9 nitrogen and oxygen atoms in total. The lowest BCUT2D eigenvalue weighted by molar-refractivity contribution is -0.142. The Morgan fingerprint density at radius 3 is 2.63 bits per heavy atom. The van der Waals surface area contributed by atoms with Gasteiger partial charge < -0.3 is 30.5 Å². The summed E-state index contributed by atoms with van der Waals surface area (Å²) in [5, 5.41) is 12.3. The third-order valence-electron chi connectivity index (χ3n) is 4.67. The number of hydrogen-bond acceptors (Lipinski definition) is 8. The van der Waals surface area contributed by atoms with Crippen LogP contribution in [0.1, 0.15) is 12.8 Å². The average Bonchev–Trinajstić information content (AvgIpc) is 2.69. The standard InChI is InChI=1S/C18H23N5O4/c1-26-12-3-4-14(27-2)13(9-12)22-16-15(19)17(21-10-20-16)23-7-5-11(6-8-23)18(24)25/h3-4,9-11H,5-8,19H2,1-2H3,(H,24,25)(H,20,21,22). The van der Waals surface area contributed by atoms with Gasteiger partial charge in [0, 0.05) is 19.2 Å². The topological polar surface area (TPSA) is 123 Å². The molecule has 0 bridgehead atoms. The van der Waals surface area contributed by atoms with Gasteiger partial charge in [0.1, 0.15) is 23.5 Å². The van der Waals surface area contributed by atoms with E-state index in [1.54, 1.807) is 32.4 Å². The molecule has 2 aromatic rings. The van der Waals surface area contributed by atoms with Gasteiger partial charge in [-0.15, -0.1) is 0 Å². The number of benzene rings is 1. The Morgan fingerprint density at radius 1 is 1.26 bits per heavy atom. The van der Waals surface area contributed by atoms with Crippen LogP contribution in [0.4, 0.5) is 23.0 Å². The zero-order valence-electron chi connectivity index (χ0n) is 15.3. The molecular weight excluding hydrogens is 350 g/mol. The zero-order valence-corrected chi connectivity index (χ0v) is 15.3. The first-order valence-electron chi connectivity index (χ1n) is 8.60. The highest BCUT2D eigenvalue weighted by atomic mass is 16.5. The van der Waals surface area contributed by atoms with Crippen molar-refractivity contribution in [2.75, 3.05) is 43.3 Å². The largest absolute Gasteiger partial charge is 0.497 e. The fraction of sp³-hybridized carbons (Fsp3) is 0.389. The lowest BCUT2D eigenvalue weighted by Gasteiger charge is -2.31. The lowest BCUT2D eigenvalue weighted by Crippen LogP contribution is -2.37. The number of carbonyl (C=O) groups is 1. The van der Waals surface area contributed by atoms with Gasteiger partial charge in [0.25, 0.3) is 0 Å². The number of carboxylic acids is 1. The Bertz CT molecular complexity index is 821. The van der Waals surface area contributed by atoms with Crippen molar-refractivity contribution in [1.29, 1.82) is 0 Å². The molecule has 4 N–H and O–H groups in total. The number of nitrogens with zero attached hydrogens (tertiary/aromatic N) is 3. The van der Waals surface area contributed by atoms with Crippen molar-refractivity contribution in [2.45, 2.75) is 12.8 Å². The third kappa shape index (κ3) is 3.97. The Balaban J connectivity index is 1.83. The summed E-state index contributed by atoms with van der Waals surface area (Å²) >= 11 is 0. The van der Waals surface area contributed by atoms with E-state index in [1.165, 1.54) is 6.33 Å². The summed E-state index contributed by atoms with van der Waals surface area (Å²) in [6.07, 6.45) is 2.56. The van der Waals surface area contributed by atoms with E-state index in [9.17, 15) is 4.79 Å². The number of piperidine rings is 1. The molecule has 0 spiro atoms. The Kier molecular flexibility index (Phi) is 5.49. The number of ether oxygens (including phenoxy) is 2. The number of rotatable bonds is 6. The Hall–Kier alpha value is -3.23. The van der Waals surface area contributed by atoms with Crippen LogP contribution in [0.2, 0.25) is 0 Å².